The summed E-state index contributed by atoms with van der Waals surface area (Å²) in [5.41, 5.74) is 1.21. The number of carbonyl (C=O) groups excluding carboxylic acids is 2. The van der Waals surface area contributed by atoms with Gasteiger partial charge in [-0.1, -0.05) is 57.0 Å². The highest BCUT2D eigenvalue weighted by Gasteiger charge is 2.42. The maximum absolute atomic E-state index is 14.2. The first-order valence-corrected chi connectivity index (χ1v) is 20.4. The highest BCUT2D eigenvalue weighted by atomic mass is 32.2. The minimum Gasteiger partial charge on any atom is -0.508 e. The molecule has 1 heterocycles. The van der Waals surface area contributed by atoms with Crippen LogP contribution >= 0.6 is 11.8 Å². The number of rotatable bonds is 15. The molecule has 0 saturated heterocycles. The molecule has 1 atom stereocenters. The lowest BCUT2D eigenvalue weighted by atomic mass is 9.80. The summed E-state index contributed by atoms with van der Waals surface area (Å²) in [7, 11) is -8.15. The summed E-state index contributed by atoms with van der Waals surface area (Å²) in [6.45, 7) is 3.67. The second-order valence-corrected chi connectivity index (χ2v) is 16.5. The molecule has 1 aliphatic heterocycles. The van der Waals surface area contributed by atoms with E-state index in [1.54, 1.807) is 6.07 Å². The van der Waals surface area contributed by atoms with Gasteiger partial charge in [0, 0.05) is 30.3 Å². The molecule has 0 unspecified atom stereocenters. The number of phenols is 1. The number of carbonyl (C=O) groups is 2. The number of hydrogen-bond acceptors (Lipinski definition) is 10. The van der Waals surface area contributed by atoms with Gasteiger partial charge in [0.15, 0.2) is 16.4 Å². The van der Waals surface area contributed by atoms with Crippen LogP contribution in [0.1, 0.15) is 51.1 Å². The Kier molecular flexibility index (Phi) is 12.6. The molecule has 0 fully saturated rings. The SMILES string of the molecule is CCCC1(CCC)CN(c2ccccc2)c2cc(SC)c(OCC(=O)N[C@@H](C(=O)NCCS(=O)(=O)O)c3ccc(O)cc3)cc2S(=O)(=O)C1. The quantitative estimate of drug-likeness (QED) is 0.124. The Morgan fingerprint density at radius 3 is 2.29 bits per heavy atom. The summed E-state index contributed by atoms with van der Waals surface area (Å²) >= 11 is 1.34. The van der Waals surface area contributed by atoms with Crippen LogP contribution < -0.4 is 20.3 Å². The zero-order chi connectivity index (χ0) is 35.8. The third-order valence-corrected chi connectivity index (χ3v) is 11.8. The summed E-state index contributed by atoms with van der Waals surface area (Å²) in [6, 6.07) is 17.1. The van der Waals surface area contributed by atoms with Gasteiger partial charge in [-0.05, 0) is 55.0 Å². The molecule has 0 bridgehead atoms. The van der Waals surface area contributed by atoms with Crippen LogP contribution in [0.5, 0.6) is 11.5 Å². The van der Waals surface area contributed by atoms with Gasteiger partial charge in [-0.15, -0.1) is 11.8 Å². The number of benzene rings is 3. The van der Waals surface area contributed by atoms with Crippen molar-refractivity contribution >= 4 is 54.9 Å². The van der Waals surface area contributed by atoms with Gasteiger partial charge in [-0.25, -0.2) is 8.42 Å². The van der Waals surface area contributed by atoms with Gasteiger partial charge in [0.05, 0.1) is 27.0 Å². The Labute approximate surface area is 292 Å². The number of sulfone groups is 1. The smallest absolute Gasteiger partial charge is 0.266 e. The minimum absolute atomic E-state index is 0.0302. The molecule has 12 nitrogen and oxygen atoms in total. The van der Waals surface area contributed by atoms with Crippen LogP contribution in [0.25, 0.3) is 0 Å². The number of fused-ring (bicyclic) bond motifs is 1. The average molecular weight is 734 g/mol. The van der Waals surface area contributed by atoms with Crippen molar-refractivity contribution in [1.29, 1.82) is 0 Å². The molecule has 2 amide bonds. The van der Waals surface area contributed by atoms with Crippen LogP contribution in [0, 0.1) is 5.41 Å². The fraction of sp³-hybridized carbons (Fsp3) is 0.412. The molecule has 266 valence electrons. The summed E-state index contributed by atoms with van der Waals surface area (Å²) < 4.78 is 65.6. The second kappa shape index (κ2) is 16.3. The van der Waals surface area contributed by atoms with Crippen molar-refractivity contribution in [3.63, 3.8) is 0 Å². The number of hydrogen-bond donors (Lipinski definition) is 4. The zero-order valence-corrected chi connectivity index (χ0v) is 30.2. The Bertz CT molecular complexity index is 1830. The van der Waals surface area contributed by atoms with Crippen LogP contribution in [0.15, 0.2) is 76.5 Å². The lowest BCUT2D eigenvalue weighted by Gasteiger charge is -2.37. The van der Waals surface area contributed by atoms with Gasteiger partial charge in [-0.2, -0.15) is 8.42 Å². The number of amides is 2. The number of nitrogens with one attached hydrogen (secondary N) is 2. The van der Waals surface area contributed by atoms with Gasteiger partial charge in [-0.3, -0.25) is 14.1 Å². The van der Waals surface area contributed by atoms with Crippen molar-refractivity contribution in [2.45, 2.75) is 55.4 Å². The molecule has 1 aliphatic rings. The zero-order valence-electron chi connectivity index (χ0n) is 27.7. The van der Waals surface area contributed by atoms with Gasteiger partial charge >= 0.3 is 0 Å². The van der Waals surface area contributed by atoms with E-state index < -0.39 is 62.1 Å². The molecule has 0 spiro atoms. The molecule has 49 heavy (non-hydrogen) atoms. The molecule has 4 rings (SSSR count). The number of aromatic hydroxyl groups is 1. The standard InChI is InChI=1S/C34H43N3O9S3/c1-4-15-34(16-5-2)22-37(25-9-7-6-8-10-25)27-19-29(47-3)28(20-30(27)48(41,42)23-34)46-21-31(39)36-32(24-11-13-26(38)14-12-24)33(40)35-17-18-49(43,44)45/h6-14,19-20,32,38H,4-5,15-18,21-23H2,1-3H3,(H,35,40)(H,36,39)(H,43,44,45)/t32-/m1/s1. The van der Waals surface area contributed by atoms with Gasteiger partial charge < -0.3 is 25.4 Å². The molecule has 4 N–H and O–H groups in total. The Morgan fingerprint density at radius 2 is 1.69 bits per heavy atom. The number of nitrogens with zero attached hydrogens (tertiary/aromatic N) is 1. The molecule has 0 saturated carbocycles. The summed E-state index contributed by atoms with van der Waals surface area (Å²) in [6.07, 6.45) is 4.96. The maximum atomic E-state index is 14.2. The summed E-state index contributed by atoms with van der Waals surface area (Å²) in [4.78, 5) is 29.0. The summed E-state index contributed by atoms with van der Waals surface area (Å²) in [5.74, 6) is -2.11. The van der Waals surface area contributed by atoms with E-state index in [9.17, 15) is 31.5 Å². The van der Waals surface area contributed by atoms with E-state index in [1.165, 1.54) is 42.1 Å². The lowest BCUT2D eigenvalue weighted by molar-refractivity contribution is -0.130. The molecule has 15 heteroatoms. The molecule has 0 aromatic heterocycles. The van der Waals surface area contributed by atoms with Crippen LogP contribution in [0.2, 0.25) is 0 Å². The topological polar surface area (TPSA) is 179 Å². The molecule has 0 aliphatic carbocycles. The Hall–Kier alpha value is -3.79. The van der Waals surface area contributed by atoms with Crippen LogP contribution in [0.3, 0.4) is 0 Å². The third kappa shape index (κ3) is 9.90. The monoisotopic (exact) mass is 733 g/mol. The Balaban J connectivity index is 1.65. The molecular weight excluding hydrogens is 691 g/mol. The first-order chi connectivity index (χ1) is 23.2. The number of para-hydroxylation sites is 1. The van der Waals surface area contributed by atoms with Crippen molar-refractivity contribution in [1.82, 2.24) is 10.6 Å². The van der Waals surface area contributed by atoms with Crippen molar-refractivity contribution in [2.75, 3.05) is 42.4 Å². The largest absolute Gasteiger partial charge is 0.508 e. The predicted octanol–water partition coefficient (Wildman–Crippen LogP) is 4.87. The first-order valence-electron chi connectivity index (χ1n) is 15.9. The van der Waals surface area contributed by atoms with Gasteiger partial charge in [0.2, 0.25) is 5.91 Å². The number of thioether (sulfide) groups is 1. The van der Waals surface area contributed by atoms with E-state index in [-0.39, 0.29) is 22.1 Å². The number of phenolic OH excluding ortho intramolecular Hbond substituents is 1. The highest BCUT2D eigenvalue weighted by Crippen LogP contribution is 2.47. The van der Waals surface area contributed by atoms with Crippen LogP contribution in [-0.4, -0.2) is 75.8 Å². The van der Waals surface area contributed by atoms with E-state index in [0.717, 1.165) is 31.4 Å². The molecule has 0 radical (unpaired) electrons. The van der Waals surface area contributed by atoms with E-state index in [1.807, 2.05) is 36.6 Å². The maximum Gasteiger partial charge on any atom is 0.266 e. The molecule has 3 aromatic rings. The van der Waals surface area contributed by atoms with E-state index in [2.05, 4.69) is 29.4 Å². The van der Waals surface area contributed by atoms with Crippen molar-refractivity contribution < 1.29 is 40.8 Å². The van der Waals surface area contributed by atoms with E-state index in [0.29, 0.717) is 22.7 Å². The van der Waals surface area contributed by atoms with Crippen LogP contribution in [0.4, 0.5) is 11.4 Å². The number of ether oxygens (including phenoxy) is 1. The Morgan fingerprint density at radius 1 is 1.04 bits per heavy atom. The summed E-state index contributed by atoms with van der Waals surface area (Å²) in [5, 5.41) is 14.6. The fourth-order valence-corrected chi connectivity index (χ4v) is 9.28. The highest BCUT2D eigenvalue weighted by molar-refractivity contribution is 7.98. The lowest BCUT2D eigenvalue weighted by Crippen LogP contribution is -2.43. The van der Waals surface area contributed by atoms with Crippen molar-refractivity contribution in [2.24, 2.45) is 5.41 Å². The third-order valence-electron chi connectivity index (χ3n) is 8.30. The average Bonchev–Trinajstić information content (AvgIpc) is 3.14. The first kappa shape index (κ1) is 38.0. The van der Waals surface area contributed by atoms with E-state index in [4.69, 9.17) is 9.29 Å². The van der Waals surface area contributed by atoms with Gasteiger partial charge in [0.25, 0.3) is 16.0 Å². The van der Waals surface area contributed by atoms with Gasteiger partial charge in [0.1, 0.15) is 17.5 Å². The predicted molar refractivity (Wildman–Crippen MR) is 190 cm³/mol. The normalized spacial score (nSPS) is 15.8. The molecular formula is C34H43N3O9S3. The molecule has 3 aromatic carbocycles. The minimum atomic E-state index is -4.34. The van der Waals surface area contributed by atoms with Crippen molar-refractivity contribution in [3.8, 4) is 11.5 Å². The van der Waals surface area contributed by atoms with Crippen LogP contribution in [-0.2, 0) is 29.5 Å². The second-order valence-electron chi connectivity index (χ2n) is 12.1. The van der Waals surface area contributed by atoms with E-state index >= 15 is 0 Å². The van der Waals surface area contributed by atoms with Crippen molar-refractivity contribution in [3.05, 3.63) is 72.3 Å². The number of anilines is 2. The fourth-order valence-electron chi connectivity index (χ4n) is 6.25.